The fraction of sp³-hybridized carbons (Fsp3) is 0.800. The van der Waals surface area contributed by atoms with Crippen molar-refractivity contribution in [2.24, 2.45) is 0 Å². The number of nitrogens with zero attached hydrogens (tertiary/aromatic N) is 1. The smallest absolute Gasteiger partial charge is 0.213 e. The molecule has 0 amide bonds. The van der Waals surface area contributed by atoms with E-state index in [0.29, 0.717) is 0 Å². The van der Waals surface area contributed by atoms with Crippen molar-refractivity contribution in [3.05, 3.63) is 0 Å². The molecule has 0 rings (SSSR count). The van der Waals surface area contributed by atoms with Crippen LogP contribution in [0.3, 0.4) is 0 Å². The third-order valence-electron chi connectivity index (χ3n) is 1.09. The second kappa shape index (κ2) is 4.55. The van der Waals surface area contributed by atoms with Gasteiger partial charge in [-0.15, -0.1) is 0 Å². The quantitative estimate of drug-likeness (QED) is 0.573. The molecule has 8 heteroatoms. The first-order valence-electron chi connectivity index (χ1n) is 3.29. The van der Waals surface area contributed by atoms with Gasteiger partial charge in [-0.05, 0) is 0 Å². The van der Waals surface area contributed by atoms with Gasteiger partial charge in [0.2, 0.25) is 10.0 Å². The molecule has 0 saturated heterocycles. The van der Waals surface area contributed by atoms with E-state index in [0.717, 1.165) is 6.26 Å². The Morgan fingerprint density at radius 1 is 1.23 bits per heavy atom. The van der Waals surface area contributed by atoms with E-state index >= 15 is 0 Å². The molecule has 0 aliphatic carbocycles. The van der Waals surface area contributed by atoms with Gasteiger partial charge in [-0.3, -0.25) is 0 Å². The van der Waals surface area contributed by atoms with Crippen LogP contribution in [-0.2, 0) is 19.9 Å². The number of sulfonamides is 1. The zero-order valence-corrected chi connectivity index (χ0v) is 8.65. The molecule has 0 unspecified atom stereocenters. The molecule has 0 spiro atoms. The number of hydrogen-bond acceptors (Lipinski definition) is 5. The third kappa shape index (κ3) is 7.70. The molecule has 0 aromatic carbocycles. The molecule has 0 fully saturated rings. The lowest BCUT2D eigenvalue weighted by atomic mass is 10.8. The topological polar surface area (TPSA) is 104 Å². The van der Waals surface area contributed by atoms with Gasteiger partial charge >= 0.3 is 0 Å². The predicted octanol–water partition coefficient (Wildman–Crippen LogP) is -1.53. The summed E-state index contributed by atoms with van der Waals surface area (Å²) in [6, 6.07) is 1.58. The van der Waals surface area contributed by atoms with E-state index in [-0.39, 0.29) is 6.54 Å². The van der Waals surface area contributed by atoms with E-state index < -0.39 is 31.4 Å². The van der Waals surface area contributed by atoms with Gasteiger partial charge in [0, 0.05) is 6.26 Å². The third-order valence-corrected chi connectivity index (χ3v) is 3.62. The molecule has 0 atom stereocenters. The van der Waals surface area contributed by atoms with Crippen LogP contribution < -0.4 is 4.72 Å². The lowest BCUT2D eigenvalue weighted by Gasteiger charge is -2.01. The normalized spacial score (nSPS) is 12.3. The monoisotopic (exact) mass is 226 g/mol. The number of rotatable bonds is 5. The Bertz CT molecular complexity index is 389. The lowest BCUT2D eigenvalue weighted by Crippen LogP contribution is -2.29. The Morgan fingerprint density at radius 2 is 1.77 bits per heavy atom. The van der Waals surface area contributed by atoms with Crippen LogP contribution in [0.25, 0.3) is 0 Å². The summed E-state index contributed by atoms with van der Waals surface area (Å²) in [4.78, 5) is 0. The Morgan fingerprint density at radius 3 is 2.15 bits per heavy atom. The molecule has 0 aromatic rings. The summed E-state index contributed by atoms with van der Waals surface area (Å²) in [5.41, 5.74) is 0. The Balaban J connectivity index is 4.15. The van der Waals surface area contributed by atoms with E-state index in [1.807, 2.05) is 4.72 Å². The highest BCUT2D eigenvalue weighted by molar-refractivity contribution is 7.93. The first kappa shape index (κ1) is 12.3. The van der Waals surface area contributed by atoms with Crippen LogP contribution >= 0.6 is 0 Å². The number of nitrogens with one attached hydrogen (secondary N) is 1. The van der Waals surface area contributed by atoms with E-state index in [1.165, 1.54) is 0 Å². The summed E-state index contributed by atoms with van der Waals surface area (Å²) >= 11 is 0. The van der Waals surface area contributed by atoms with Gasteiger partial charge in [-0.25, -0.2) is 21.6 Å². The molecule has 0 heterocycles. The highest BCUT2D eigenvalue weighted by Gasteiger charge is 2.13. The fourth-order valence-electron chi connectivity index (χ4n) is 0.475. The molecule has 0 radical (unpaired) electrons. The molecule has 0 saturated carbocycles. The highest BCUT2D eigenvalue weighted by Crippen LogP contribution is 1.88. The van der Waals surface area contributed by atoms with Gasteiger partial charge in [0.05, 0.1) is 24.1 Å². The predicted molar refractivity (Wildman–Crippen MR) is 47.1 cm³/mol. The molecule has 76 valence electrons. The van der Waals surface area contributed by atoms with Crippen molar-refractivity contribution >= 4 is 19.9 Å². The van der Waals surface area contributed by atoms with Crippen molar-refractivity contribution in [3.8, 4) is 6.07 Å². The Hall–Kier alpha value is -0.650. The molecule has 1 N–H and O–H groups in total. The van der Waals surface area contributed by atoms with Crippen LogP contribution in [0.2, 0.25) is 0 Å². The lowest BCUT2D eigenvalue weighted by molar-refractivity contribution is 0.582. The van der Waals surface area contributed by atoms with Gasteiger partial charge in [0.25, 0.3) is 0 Å². The zero-order valence-electron chi connectivity index (χ0n) is 7.02. The zero-order chi connectivity index (χ0) is 10.5. The number of nitriles is 1. The van der Waals surface area contributed by atoms with Crippen LogP contribution in [0.1, 0.15) is 0 Å². The summed E-state index contributed by atoms with van der Waals surface area (Å²) in [6.07, 6.45) is 0.951. The van der Waals surface area contributed by atoms with E-state index in [4.69, 9.17) is 5.26 Å². The minimum atomic E-state index is -3.63. The molecule has 6 nitrogen and oxygen atoms in total. The van der Waals surface area contributed by atoms with E-state index in [9.17, 15) is 16.8 Å². The second-order valence-electron chi connectivity index (χ2n) is 2.43. The average molecular weight is 226 g/mol. The first-order valence-corrected chi connectivity index (χ1v) is 7.00. The minimum Gasteiger partial charge on any atom is -0.229 e. The molecule has 0 bridgehead atoms. The summed E-state index contributed by atoms with van der Waals surface area (Å²) in [6.45, 7) is -0.341. The maximum absolute atomic E-state index is 10.9. The maximum atomic E-state index is 10.9. The average Bonchev–Trinajstić information content (AvgIpc) is 1.97. The van der Waals surface area contributed by atoms with Crippen molar-refractivity contribution in [1.29, 1.82) is 5.26 Å². The van der Waals surface area contributed by atoms with Crippen molar-refractivity contribution in [3.63, 3.8) is 0 Å². The molecule has 0 aromatic heterocycles. The van der Waals surface area contributed by atoms with Crippen molar-refractivity contribution in [1.82, 2.24) is 4.72 Å². The van der Waals surface area contributed by atoms with E-state index in [1.54, 1.807) is 6.07 Å². The van der Waals surface area contributed by atoms with Crippen LogP contribution in [0.4, 0.5) is 0 Å². The number of sulfone groups is 1. The first-order chi connectivity index (χ1) is 5.77. The summed E-state index contributed by atoms with van der Waals surface area (Å²) in [7, 11) is -6.91. The van der Waals surface area contributed by atoms with Gasteiger partial charge in [0.1, 0.15) is 9.84 Å². The Kier molecular flexibility index (Phi) is 4.32. The maximum Gasteiger partial charge on any atom is 0.213 e. The summed E-state index contributed by atoms with van der Waals surface area (Å²) in [5, 5.41) is 8.06. The Labute approximate surface area is 77.5 Å². The van der Waals surface area contributed by atoms with Crippen LogP contribution in [0.5, 0.6) is 0 Å². The second-order valence-corrected chi connectivity index (χ2v) is 6.61. The molecule has 0 aliphatic rings. The molecule has 13 heavy (non-hydrogen) atoms. The van der Waals surface area contributed by atoms with Crippen LogP contribution in [0.15, 0.2) is 0 Å². The van der Waals surface area contributed by atoms with Gasteiger partial charge in [0.15, 0.2) is 0 Å². The molecular formula is C5H10N2O4S2. The minimum absolute atomic E-state index is 0.341. The van der Waals surface area contributed by atoms with Crippen LogP contribution in [-0.4, -0.2) is 41.1 Å². The SMILES string of the molecule is CS(=O)(=O)CCS(=O)(=O)NCC#N. The highest BCUT2D eigenvalue weighted by atomic mass is 32.2. The van der Waals surface area contributed by atoms with E-state index in [2.05, 4.69) is 0 Å². The number of hydrogen-bond donors (Lipinski definition) is 1. The molecular weight excluding hydrogens is 216 g/mol. The van der Waals surface area contributed by atoms with Gasteiger partial charge < -0.3 is 0 Å². The van der Waals surface area contributed by atoms with Crippen molar-refractivity contribution < 1.29 is 16.8 Å². The molecule has 0 aliphatic heterocycles. The summed E-state index contributed by atoms with van der Waals surface area (Å²) < 4.78 is 44.9. The van der Waals surface area contributed by atoms with Gasteiger partial charge in [-0.2, -0.15) is 5.26 Å². The van der Waals surface area contributed by atoms with Crippen LogP contribution in [0, 0.1) is 11.3 Å². The summed E-state index contributed by atoms with van der Waals surface area (Å²) in [5.74, 6) is -0.943. The van der Waals surface area contributed by atoms with Crippen molar-refractivity contribution in [2.45, 2.75) is 0 Å². The standard InChI is InChI=1S/C5H10N2O4S2/c1-12(8,9)4-5-13(10,11)7-3-2-6/h7H,3-5H2,1H3. The largest absolute Gasteiger partial charge is 0.229 e. The van der Waals surface area contributed by atoms with Crippen molar-refractivity contribution in [2.75, 3.05) is 24.3 Å². The van der Waals surface area contributed by atoms with Gasteiger partial charge in [-0.1, -0.05) is 0 Å². The fourth-order valence-corrected chi connectivity index (χ4v) is 2.99.